The van der Waals surface area contributed by atoms with Gasteiger partial charge in [0.15, 0.2) is 0 Å². The highest BCUT2D eigenvalue weighted by Crippen LogP contribution is 2.36. The molecule has 1 aromatic heterocycles. The molecule has 1 saturated heterocycles. The fourth-order valence-corrected chi connectivity index (χ4v) is 3.15. The molecule has 2 rings (SSSR count). The van der Waals surface area contributed by atoms with Crippen LogP contribution in [-0.4, -0.2) is 27.9 Å². The highest BCUT2D eigenvalue weighted by molar-refractivity contribution is 8.00. The number of anilines is 1. The number of pyridine rings is 1. The molecule has 1 unspecified atom stereocenters. The Hall–Kier alpha value is -1.23. The van der Waals surface area contributed by atoms with E-state index in [9.17, 15) is 4.79 Å². The summed E-state index contributed by atoms with van der Waals surface area (Å²) >= 11 is 1.93. The van der Waals surface area contributed by atoms with E-state index >= 15 is 0 Å². The molecule has 4 nitrogen and oxygen atoms in total. The van der Waals surface area contributed by atoms with Gasteiger partial charge in [-0.2, -0.15) is 11.8 Å². The van der Waals surface area contributed by atoms with Crippen molar-refractivity contribution in [1.29, 1.82) is 0 Å². The van der Waals surface area contributed by atoms with Crippen molar-refractivity contribution in [2.45, 2.75) is 24.5 Å². The molecule has 92 valence electrons. The van der Waals surface area contributed by atoms with Crippen molar-refractivity contribution in [1.82, 2.24) is 10.3 Å². The van der Waals surface area contributed by atoms with Gasteiger partial charge in [-0.3, -0.25) is 9.78 Å². The van der Waals surface area contributed by atoms with Crippen LogP contribution in [0.3, 0.4) is 0 Å². The van der Waals surface area contributed by atoms with E-state index in [4.69, 9.17) is 5.73 Å². The predicted molar refractivity (Wildman–Crippen MR) is 71.1 cm³/mol. The van der Waals surface area contributed by atoms with Gasteiger partial charge in [-0.1, -0.05) is 0 Å². The van der Waals surface area contributed by atoms with Crippen LogP contribution in [0.25, 0.3) is 0 Å². The summed E-state index contributed by atoms with van der Waals surface area (Å²) in [6.07, 6.45) is 3.94. The Bertz CT molecular complexity index is 416. The van der Waals surface area contributed by atoms with Crippen LogP contribution in [0.1, 0.15) is 30.3 Å². The highest BCUT2D eigenvalue weighted by atomic mass is 32.2. The number of nitrogens with zero attached hydrogens (tertiary/aromatic N) is 1. The van der Waals surface area contributed by atoms with E-state index in [1.54, 1.807) is 18.3 Å². The second kappa shape index (κ2) is 4.96. The highest BCUT2D eigenvalue weighted by Gasteiger charge is 2.29. The Balaban J connectivity index is 1.93. The van der Waals surface area contributed by atoms with E-state index in [1.807, 2.05) is 11.8 Å². The van der Waals surface area contributed by atoms with Gasteiger partial charge in [-0.25, -0.2) is 0 Å². The second-order valence-electron chi connectivity index (χ2n) is 4.56. The number of amides is 1. The van der Waals surface area contributed by atoms with Gasteiger partial charge in [0.2, 0.25) is 0 Å². The molecule has 0 aromatic carbocycles. The van der Waals surface area contributed by atoms with E-state index in [0.717, 1.165) is 6.42 Å². The first kappa shape index (κ1) is 12.2. The number of nitrogens with one attached hydrogen (secondary N) is 1. The topological polar surface area (TPSA) is 68.0 Å². The van der Waals surface area contributed by atoms with E-state index in [2.05, 4.69) is 17.2 Å². The smallest absolute Gasteiger partial charge is 0.270 e. The molecule has 5 heteroatoms. The van der Waals surface area contributed by atoms with Gasteiger partial charge in [-0.05, 0) is 37.7 Å². The summed E-state index contributed by atoms with van der Waals surface area (Å²) in [4.78, 5) is 15.9. The number of thioether (sulfide) groups is 1. The van der Waals surface area contributed by atoms with Gasteiger partial charge in [-0.15, -0.1) is 0 Å². The molecular weight excluding hydrogens is 234 g/mol. The summed E-state index contributed by atoms with van der Waals surface area (Å²) < 4.78 is 0.177. The van der Waals surface area contributed by atoms with Gasteiger partial charge in [0, 0.05) is 23.2 Å². The Labute approximate surface area is 105 Å². The molecule has 1 fully saturated rings. The minimum atomic E-state index is -0.147. The SMILES string of the molecule is CC1(CNC(=O)c2cc(N)ccn2)CCCS1. The Morgan fingerprint density at radius 3 is 3.18 bits per heavy atom. The average molecular weight is 251 g/mol. The molecule has 1 aliphatic rings. The van der Waals surface area contributed by atoms with Gasteiger partial charge in [0.1, 0.15) is 5.69 Å². The van der Waals surface area contributed by atoms with E-state index < -0.39 is 0 Å². The summed E-state index contributed by atoms with van der Waals surface area (Å²) in [7, 11) is 0. The number of nitrogen functional groups attached to an aromatic ring is 1. The van der Waals surface area contributed by atoms with Crippen LogP contribution in [0.15, 0.2) is 18.3 Å². The normalized spacial score (nSPS) is 23.6. The average Bonchev–Trinajstić information content (AvgIpc) is 2.74. The molecule has 1 amide bonds. The van der Waals surface area contributed by atoms with Crippen molar-refractivity contribution < 1.29 is 4.79 Å². The lowest BCUT2D eigenvalue weighted by Crippen LogP contribution is -2.37. The molecule has 0 spiro atoms. The Morgan fingerprint density at radius 2 is 2.53 bits per heavy atom. The van der Waals surface area contributed by atoms with E-state index in [1.165, 1.54) is 12.2 Å². The molecule has 0 saturated carbocycles. The molecule has 1 atom stereocenters. The second-order valence-corrected chi connectivity index (χ2v) is 6.24. The maximum atomic E-state index is 11.9. The van der Waals surface area contributed by atoms with Crippen LogP contribution in [0.4, 0.5) is 5.69 Å². The van der Waals surface area contributed by atoms with Crippen molar-refractivity contribution in [2.24, 2.45) is 0 Å². The predicted octanol–water partition coefficient (Wildman–Crippen LogP) is 1.68. The number of hydrogen-bond acceptors (Lipinski definition) is 4. The monoisotopic (exact) mass is 251 g/mol. The lowest BCUT2D eigenvalue weighted by atomic mass is 10.1. The van der Waals surface area contributed by atoms with Crippen LogP contribution in [-0.2, 0) is 0 Å². The maximum absolute atomic E-state index is 11.9. The quantitative estimate of drug-likeness (QED) is 0.857. The fourth-order valence-electron chi connectivity index (χ4n) is 1.91. The van der Waals surface area contributed by atoms with Crippen molar-refractivity contribution in [3.8, 4) is 0 Å². The zero-order valence-electron chi connectivity index (χ0n) is 9.90. The standard InChI is InChI=1S/C12H17N3OS/c1-12(4-2-6-17-12)8-15-11(16)10-7-9(13)3-5-14-10/h3,5,7H,2,4,6,8H2,1H3,(H2,13,14)(H,15,16). The third-order valence-electron chi connectivity index (χ3n) is 2.94. The first-order chi connectivity index (χ1) is 8.09. The number of carbonyl (C=O) groups excluding carboxylic acids is 1. The number of carbonyl (C=O) groups is 1. The molecule has 2 heterocycles. The summed E-state index contributed by atoms with van der Waals surface area (Å²) in [6, 6.07) is 3.27. The fraction of sp³-hybridized carbons (Fsp3) is 0.500. The lowest BCUT2D eigenvalue weighted by Gasteiger charge is -2.22. The number of rotatable bonds is 3. The molecular formula is C12H17N3OS. The number of aromatic nitrogens is 1. The van der Waals surface area contributed by atoms with Crippen molar-refractivity contribution >= 4 is 23.4 Å². The Kier molecular flexibility index (Phi) is 3.57. The lowest BCUT2D eigenvalue weighted by molar-refractivity contribution is 0.0945. The molecule has 1 aliphatic heterocycles. The largest absolute Gasteiger partial charge is 0.399 e. The van der Waals surface area contributed by atoms with Gasteiger partial charge < -0.3 is 11.1 Å². The molecule has 0 radical (unpaired) electrons. The molecule has 17 heavy (non-hydrogen) atoms. The number of nitrogens with two attached hydrogens (primary N) is 1. The van der Waals surface area contributed by atoms with Crippen LogP contribution in [0.5, 0.6) is 0 Å². The minimum absolute atomic E-state index is 0.147. The summed E-state index contributed by atoms with van der Waals surface area (Å²) in [6.45, 7) is 2.88. The zero-order chi connectivity index (χ0) is 12.3. The van der Waals surface area contributed by atoms with Crippen LogP contribution in [0.2, 0.25) is 0 Å². The Morgan fingerprint density at radius 1 is 1.71 bits per heavy atom. The van der Waals surface area contributed by atoms with Crippen LogP contribution >= 0.6 is 11.8 Å². The number of hydrogen-bond donors (Lipinski definition) is 2. The first-order valence-corrected chi connectivity index (χ1v) is 6.71. The van der Waals surface area contributed by atoms with Crippen molar-refractivity contribution in [3.05, 3.63) is 24.0 Å². The minimum Gasteiger partial charge on any atom is -0.399 e. The molecule has 0 bridgehead atoms. The summed E-state index contributed by atoms with van der Waals surface area (Å²) in [5, 5.41) is 2.93. The summed E-state index contributed by atoms with van der Waals surface area (Å²) in [5.74, 6) is 1.04. The molecule has 0 aliphatic carbocycles. The first-order valence-electron chi connectivity index (χ1n) is 5.73. The van der Waals surface area contributed by atoms with Crippen molar-refractivity contribution in [3.63, 3.8) is 0 Å². The van der Waals surface area contributed by atoms with Gasteiger partial charge in [0.05, 0.1) is 0 Å². The molecule has 1 aromatic rings. The molecule has 3 N–H and O–H groups in total. The third-order valence-corrected chi connectivity index (χ3v) is 4.48. The third kappa shape index (κ3) is 3.12. The maximum Gasteiger partial charge on any atom is 0.270 e. The zero-order valence-corrected chi connectivity index (χ0v) is 10.7. The summed E-state index contributed by atoms with van der Waals surface area (Å²) in [5.41, 5.74) is 6.56. The van der Waals surface area contributed by atoms with E-state index in [-0.39, 0.29) is 10.7 Å². The van der Waals surface area contributed by atoms with Gasteiger partial charge >= 0.3 is 0 Å². The van der Waals surface area contributed by atoms with Crippen LogP contribution < -0.4 is 11.1 Å². The van der Waals surface area contributed by atoms with Gasteiger partial charge in [0.25, 0.3) is 5.91 Å². The van der Waals surface area contributed by atoms with E-state index in [0.29, 0.717) is 17.9 Å². The van der Waals surface area contributed by atoms with Crippen molar-refractivity contribution in [2.75, 3.05) is 18.0 Å². The van der Waals surface area contributed by atoms with Crippen LogP contribution in [0, 0.1) is 0 Å².